The number of hydrogen-bond donors (Lipinski definition) is 0. The molecule has 1 saturated carbocycles. The van der Waals surface area contributed by atoms with Crippen molar-refractivity contribution in [3.63, 3.8) is 0 Å². The summed E-state index contributed by atoms with van der Waals surface area (Å²) in [5.74, 6) is 1.24. The van der Waals surface area contributed by atoms with Gasteiger partial charge in [0, 0.05) is 18.0 Å². The Kier molecular flexibility index (Phi) is 3.09. The summed E-state index contributed by atoms with van der Waals surface area (Å²) in [6.45, 7) is 7.61. The molecule has 2 bridgehead atoms. The molecule has 4 rings (SSSR count). The fraction of sp³-hybridized carbons (Fsp3) is 0.550. The molecule has 0 saturated heterocycles. The molecule has 2 unspecified atom stereocenters. The monoisotopic (exact) mass is 326 g/mol. The maximum atomic E-state index is 13.1. The van der Waals surface area contributed by atoms with Crippen molar-refractivity contribution in [2.45, 2.75) is 51.5 Å². The van der Waals surface area contributed by atoms with Gasteiger partial charge in [0.25, 0.3) is 5.56 Å². The Morgan fingerprint density at radius 3 is 2.46 bits per heavy atom. The normalized spacial score (nSPS) is 26.6. The molecule has 2 aliphatic rings. The van der Waals surface area contributed by atoms with Crippen molar-refractivity contribution in [2.75, 3.05) is 7.11 Å². The summed E-state index contributed by atoms with van der Waals surface area (Å²) in [6.07, 6.45) is 2.32. The highest BCUT2D eigenvalue weighted by Gasteiger charge is 2.62. The Morgan fingerprint density at radius 1 is 1.21 bits per heavy atom. The molecule has 2 atom stereocenters. The van der Waals surface area contributed by atoms with E-state index >= 15 is 0 Å². The van der Waals surface area contributed by atoms with Crippen LogP contribution in [0.5, 0.6) is 5.75 Å². The third-order valence-corrected chi connectivity index (χ3v) is 6.99. The fourth-order valence-corrected chi connectivity index (χ4v) is 5.15. The number of ether oxygens (including phenoxy) is 1. The van der Waals surface area contributed by atoms with Gasteiger partial charge < -0.3 is 4.74 Å². The first-order valence-corrected chi connectivity index (χ1v) is 8.74. The van der Waals surface area contributed by atoms with Crippen molar-refractivity contribution in [3.05, 3.63) is 51.4 Å². The van der Waals surface area contributed by atoms with Crippen molar-refractivity contribution in [3.8, 4) is 5.75 Å². The van der Waals surface area contributed by atoms with Gasteiger partial charge in [0.05, 0.1) is 19.3 Å². The minimum absolute atomic E-state index is 0.103. The van der Waals surface area contributed by atoms with Crippen LogP contribution in [0.15, 0.2) is 29.1 Å². The Labute approximate surface area is 143 Å². The first-order chi connectivity index (χ1) is 11.3. The van der Waals surface area contributed by atoms with Gasteiger partial charge in [-0.15, -0.1) is 0 Å². The number of fused-ring (bicyclic) bond motifs is 5. The first-order valence-electron chi connectivity index (χ1n) is 8.74. The molecule has 1 heterocycles. The van der Waals surface area contributed by atoms with Crippen LogP contribution in [-0.4, -0.2) is 16.5 Å². The highest BCUT2D eigenvalue weighted by molar-refractivity contribution is 5.45. The summed E-state index contributed by atoms with van der Waals surface area (Å²) < 4.78 is 9.24. The highest BCUT2D eigenvalue weighted by Crippen LogP contribution is 2.66. The predicted octanol–water partition coefficient (Wildman–Crippen LogP) is 3.42. The van der Waals surface area contributed by atoms with E-state index in [1.54, 1.807) is 7.11 Å². The van der Waals surface area contributed by atoms with Crippen LogP contribution in [0.2, 0.25) is 0 Å². The smallest absolute Gasteiger partial charge is 0.270 e. The SMILES string of the molecule is COc1ccc(Cn2c(=O)c3c(n2C)C2(C)CCC3C2(C)C)cc1. The lowest BCUT2D eigenvalue weighted by molar-refractivity contribution is 0.215. The zero-order valence-electron chi connectivity index (χ0n) is 15.2. The van der Waals surface area contributed by atoms with E-state index in [1.165, 1.54) is 12.1 Å². The van der Waals surface area contributed by atoms with E-state index in [2.05, 4.69) is 25.5 Å². The van der Waals surface area contributed by atoms with Gasteiger partial charge in [-0.1, -0.05) is 32.9 Å². The van der Waals surface area contributed by atoms with Gasteiger partial charge in [-0.3, -0.25) is 9.48 Å². The van der Waals surface area contributed by atoms with Gasteiger partial charge in [0.2, 0.25) is 0 Å². The van der Waals surface area contributed by atoms with Gasteiger partial charge in [0.15, 0.2) is 0 Å². The van der Waals surface area contributed by atoms with E-state index in [0.29, 0.717) is 12.5 Å². The quantitative estimate of drug-likeness (QED) is 0.866. The molecule has 0 spiro atoms. The average Bonchev–Trinajstić information content (AvgIpc) is 3.02. The van der Waals surface area contributed by atoms with E-state index in [9.17, 15) is 4.79 Å². The molecule has 0 N–H and O–H groups in total. The first kappa shape index (κ1) is 15.6. The van der Waals surface area contributed by atoms with Crippen molar-refractivity contribution < 1.29 is 4.74 Å². The number of benzene rings is 1. The zero-order valence-corrected chi connectivity index (χ0v) is 15.2. The van der Waals surface area contributed by atoms with Crippen molar-refractivity contribution in [1.82, 2.24) is 9.36 Å². The summed E-state index contributed by atoms with van der Waals surface area (Å²) in [5.41, 5.74) is 3.94. The maximum absolute atomic E-state index is 13.1. The molecule has 0 amide bonds. The number of nitrogens with zero attached hydrogens (tertiary/aromatic N) is 2. The third kappa shape index (κ3) is 1.72. The lowest BCUT2D eigenvalue weighted by Crippen LogP contribution is -2.35. The molecule has 24 heavy (non-hydrogen) atoms. The minimum Gasteiger partial charge on any atom is -0.497 e. The van der Waals surface area contributed by atoms with Crippen LogP contribution in [0.1, 0.15) is 56.4 Å². The summed E-state index contributed by atoms with van der Waals surface area (Å²) in [5, 5.41) is 0. The van der Waals surface area contributed by atoms with Crippen LogP contribution in [0.25, 0.3) is 0 Å². The number of rotatable bonds is 3. The molecule has 0 radical (unpaired) electrons. The van der Waals surface area contributed by atoms with Crippen LogP contribution < -0.4 is 10.3 Å². The van der Waals surface area contributed by atoms with E-state index in [-0.39, 0.29) is 16.4 Å². The van der Waals surface area contributed by atoms with Crippen LogP contribution in [0.4, 0.5) is 0 Å². The van der Waals surface area contributed by atoms with Gasteiger partial charge in [-0.25, -0.2) is 4.68 Å². The van der Waals surface area contributed by atoms with Gasteiger partial charge in [0.1, 0.15) is 5.75 Å². The van der Waals surface area contributed by atoms with Crippen molar-refractivity contribution in [2.24, 2.45) is 12.5 Å². The second-order valence-corrected chi connectivity index (χ2v) is 8.14. The summed E-state index contributed by atoms with van der Waals surface area (Å²) in [6, 6.07) is 7.96. The zero-order chi connectivity index (χ0) is 17.3. The van der Waals surface area contributed by atoms with Gasteiger partial charge >= 0.3 is 0 Å². The predicted molar refractivity (Wildman–Crippen MR) is 94.9 cm³/mol. The Balaban J connectivity index is 1.79. The summed E-state index contributed by atoms with van der Waals surface area (Å²) in [4.78, 5) is 13.1. The highest BCUT2D eigenvalue weighted by atomic mass is 16.5. The molecule has 4 heteroatoms. The number of aromatic nitrogens is 2. The lowest BCUT2D eigenvalue weighted by Gasteiger charge is -2.36. The van der Waals surface area contributed by atoms with Gasteiger partial charge in [-0.05, 0) is 41.9 Å². The van der Waals surface area contributed by atoms with E-state index in [1.807, 2.05) is 36.0 Å². The van der Waals surface area contributed by atoms with Crippen molar-refractivity contribution in [1.29, 1.82) is 0 Å². The molecule has 128 valence electrons. The minimum atomic E-state index is 0.103. The summed E-state index contributed by atoms with van der Waals surface area (Å²) in [7, 11) is 3.71. The van der Waals surface area contributed by atoms with E-state index < -0.39 is 0 Å². The molecule has 1 aromatic carbocycles. The third-order valence-electron chi connectivity index (χ3n) is 6.99. The van der Waals surface area contributed by atoms with E-state index in [0.717, 1.165) is 23.3 Å². The molecule has 1 fully saturated rings. The second-order valence-electron chi connectivity index (χ2n) is 8.14. The standard InChI is InChI=1S/C20H26N2O2/c1-19(2)15-10-11-20(19,3)17-16(15)18(23)22(21(17)4)12-13-6-8-14(24-5)9-7-13/h6-9,15H,10-12H2,1-5H3. The Hall–Kier alpha value is -1.97. The number of methoxy groups -OCH3 is 1. The van der Waals surface area contributed by atoms with Crippen LogP contribution in [-0.2, 0) is 19.0 Å². The van der Waals surface area contributed by atoms with Crippen LogP contribution in [0.3, 0.4) is 0 Å². The lowest BCUT2D eigenvalue weighted by atomic mass is 9.70. The Morgan fingerprint density at radius 2 is 1.88 bits per heavy atom. The van der Waals surface area contributed by atoms with Crippen molar-refractivity contribution >= 4 is 0 Å². The topological polar surface area (TPSA) is 36.2 Å². The second kappa shape index (κ2) is 4.78. The fourth-order valence-electron chi connectivity index (χ4n) is 5.15. The summed E-state index contributed by atoms with van der Waals surface area (Å²) >= 11 is 0. The maximum Gasteiger partial charge on any atom is 0.270 e. The number of hydrogen-bond acceptors (Lipinski definition) is 2. The van der Waals surface area contributed by atoms with Crippen LogP contribution >= 0.6 is 0 Å². The Bertz CT molecular complexity index is 857. The molecular weight excluding hydrogens is 300 g/mol. The molecule has 4 nitrogen and oxygen atoms in total. The molecule has 0 aliphatic heterocycles. The molecule has 2 aromatic rings. The largest absolute Gasteiger partial charge is 0.497 e. The average molecular weight is 326 g/mol. The molecule has 2 aliphatic carbocycles. The van der Waals surface area contributed by atoms with Crippen LogP contribution in [0, 0.1) is 5.41 Å². The van der Waals surface area contributed by atoms with Gasteiger partial charge in [-0.2, -0.15) is 0 Å². The molecular formula is C20H26N2O2. The van der Waals surface area contributed by atoms with E-state index in [4.69, 9.17) is 4.74 Å². The molecule has 1 aromatic heterocycles.